The lowest BCUT2D eigenvalue weighted by Crippen LogP contribution is -2.27. The molecule has 0 bridgehead atoms. The number of carbonyl (C=O) groups is 1. The van der Waals surface area contributed by atoms with Crippen LogP contribution in [0.15, 0.2) is 24.3 Å². The second-order valence-electron chi connectivity index (χ2n) is 4.64. The van der Waals surface area contributed by atoms with Crippen LogP contribution in [0.5, 0.6) is 0 Å². The molecular weight excluding hydrogens is 216 g/mol. The maximum atomic E-state index is 11.9. The van der Waals surface area contributed by atoms with Crippen molar-refractivity contribution in [3.63, 3.8) is 0 Å². The number of aliphatic hydroxyl groups excluding tert-OH is 1. The number of hydrogen-bond donors (Lipinski definition) is 1. The summed E-state index contributed by atoms with van der Waals surface area (Å²) in [5, 5.41) is 9.14. The van der Waals surface area contributed by atoms with Gasteiger partial charge in [0.15, 0.2) is 0 Å². The van der Waals surface area contributed by atoms with Gasteiger partial charge in [0.25, 0.3) is 0 Å². The molecule has 17 heavy (non-hydrogen) atoms. The minimum Gasteiger partial charge on any atom is -0.396 e. The van der Waals surface area contributed by atoms with Gasteiger partial charge in [-0.25, -0.2) is 0 Å². The van der Waals surface area contributed by atoms with Crippen LogP contribution in [-0.2, 0) is 4.79 Å². The molecule has 1 fully saturated rings. The van der Waals surface area contributed by atoms with Gasteiger partial charge < -0.3 is 14.9 Å². The molecule has 1 aromatic rings. The molecule has 1 heterocycles. The van der Waals surface area contributed by atoms with Crippen molar-refractivity contribution in [3.8, 4) is 0 Å². The normalized spacial score (nSPS) is 19.8. The monoisotopic (exact) mass is 234 g/mol. The summed E-state index contributed by atoms with van der Waals surface area (Å²) in [5.41, 5.74) is 1.96. The van der Waals surface area contributed by atoms with E-state index in [1.807, 2.05) is 43.3 Å². The van der Waals surface area contributed by atoms with Gasteiger partial charge in [-0.1, -0.05) is 12.1 Å². The molecule has 2 rings (SSSR count). The van der Waals surface area contributed by atoms with Crippen molar-refractivity contribution in [1.29, 1.82) is 0 Å². The lowest BCUT2D eigenvalue weighted by Gasteiger charge is -2.24. The summed E-state index contributed by atoms with van der Waals surface area (Å²) < 4.78 is 0. The smallest absolute Gasteiger partial charge is 0.227 e. The molecule has 0 aromatic heterocycles. The van der Waals surface area contributed by atoms with Gasteiger partial charge in [0.1, 0.15) is 0 Å². The van der Waals surface area contributed by atoms with Crippen molar-refractivity contribution in [1.82, 2.24) is 0 Å². The fourth-order valence-electron chi connectivity index (χ4n) is 2.21. The molecule has 0 radical (unpaired) electrons. The molecule has 92 valence electrons. The molecule has 1 atom stereocenters. The molecule has 1 amide bonds. The van der Waals surface area contributed by atoms with Crippen molar-refractivity contribution in [2.75, 3.05) is 37.0 Å². The predicted molar refractivity (Wildman–Crippen MR) is 68.3 cm³/mol. The first-order valence-corrected chi connectivity index (χ1v) is 5.81. The highest BCUT2D eigenvalue weighted by molar-refractivity contribution is 5.98. The SMILES string of the molecule is CN(C)c1ccccc1N1CC(CO)CC1=O. The highest BCUT2D eigenvalue weighted by Gasteiger charge is 2.31. The third-order valence-corrected chi connectivity index (χ3v) is 3.12. The number of para-hydroxylation sites is 2. The lowest BCUT2D eigenvalue weighted by molar-refractivity contribution is -0.117. The average Bonchev–Trinajstić information content (AvgIpc) is 2.70. The molecule has 1 aliphatic rings. The minimum atomic E-state index is 0.0673. The molecule has 0 saturated carbocycles. The first-order chi connectivity index (χ1) is 8.13. The lowest BCUT2D eigenvalue weighted by atomic mass is 10.1. The van der Waals surface area contributed by atoms with E-state index in [-0.39, 0.29) is 18.4 Å². The summed E-state index contributed by atoms with van der Waals surface area (Å²) in [6.07, 6.45) is 0.443. The van der Waals surface area contributed by atoms with Gasteiger partial charge in [-0.2, -0.15) is 0 Å². The van der Waals surface area contributed by atoms with Gasteiger partial charge in [-0.05, 0) is 12.1 Å². The second kappa shape index (κ2) is 4.75. The number of carbonyl (C=O) groups excluding carboxylic acids is 1. The third kappa shape index (κ3) is 2.26. The van der Waals surface area contributed by atoms with Gasteiger partial charge in [0.05, 0.1) is 11.4 Å². The Hall–Kier alpha value is -1.55. The fraction of sp³-hybridized carbons (Fsp3) is 0.462. The molecule has 1 aliphatic heterocycles. The Bertz CT molecular complexity index is 418. The van der Waals surface area contributed by atoms with Crippen LogP contribution in [0.1, 0.15) is 6.42 Å². The Morgan fingerprint density at radius 2 is 2.12 bits per heavy atom. The van der Waals surface area contributed by atoms with Gasteiger partial charge in [0.2, 0.25) is 5.91 Å². The molecule has 1 unspecified atom stereocenters. The van der Waals surface area contributed by atoms with Crippen molar-refractivity contribution < 1.29 is 9.90 Å². The first-order valence-electron chi connectivity index (χ1n) is 5.81. The van der Waals surface area contributed by atoms with Crippen molar-refractivity contribution >= 4 is 17.3 Å². The van der Waals surface area contributed by atoms with E-state index in [1.165, 1.54) is 0 Å². The Kier molecular flexibility index (Phi) is 3.33. The van der Waals surface area contributed by atoms with Gasteiger partial charge in [-0.3, -0.25) is 4.79 Å². The van der Waals surface area contributed by atoms with Gasteiger partial charge in [-0.15, -0.1) is 0 Å². The maximum Gasteiger partial charge on any atom is 0.227 e. The molecule has 0 spiro atoms. The van der Waals surface area contributed by atoms with E-state index in [1.54, 1.807) is 4.90 Å². The van der Waals surface area contributed by atoms with E-state index < -0.39 is 0 Å². The largest absolute Gasteiger partial charge is 0.396 e. The first kappa shape index (κ1) is 11.9. The van der Waals surface area contributed by atoms with Crippen LogP contribution in [0.4, 0.5) is 11.4 Å². The second-order valence-corrected chi connectivity index (χ2v) is 4.64. The average molecular weight is 234 g/mol. The third-order valence-electron chi connectivity index (χ3n) is 3.12. The quantitative estimate of drug-likeness (QED) is 0.851. The molecule has 4 heteroatoms. The number of aliphatic hydroxyl groups is 1. The number of anilines is 2. The van der Waals surface area contributed by atoms with Gasteiger partial charge in [0, 0.05) is 39.6 Å². The van der Waals surface area contributed by atoms with Gasteiger partial charge >= 0.3 is 0 Å². The fourth-order valence-corrected chi connectivity index (χ4v) is 2.21. The van der Waals surface area contributed by atoms with Crippen LogP contribution >= 0.6 is 0 Å². The number of nitrogens with zero attached hydrogens (tertiary/aromatic N) is 2. The zero-order chi connectivity index (χ0) is 12.4. The zero-order valence-electron chi connectivity index (χ0n) is 10.3. The Balaban J connectivity index is 2.31. The summed E-state index contributed by atoms with van der Waals surface area (Å²) in [6.45, 7) is 0.687. The molecule has 4 nitrogen and oxygen atoms in total. The van der Waals surface area contributed by atoms with Crippen LogP contribution in [0.2, 0.25) is 0 Å². The van der Waals surface area contributed by atoms with E-state index in [4.69, 9.17) is 5.11 Å². The predicted octanol–water partition coefficient (Wildman–Crippen LogP) is 1.10. The number of amides is 1. The summed E-state index contributed by atoms with van der Waals surface area (Å²) in [6, 6.07) is 7.84. The zero-order valence-corrected chi connectivity index (χ0v) is 10.3. The summed E-state index contributed by atoms with van der Waals surface area (Å²) >= 11 is 0. The Labute approximate surface area is 101 Å². The molecule has 0 aliphatic carbocycles. The molecule has 1 N–H and O–H groups in total. The standard InChI is InChI=1S/C13H18N2O2/c1-14(2)11-5-3-4-6-12(11)15-8-10(9-16)7-13(15)17/h3-6,10,16H,7-9H2,1-2H3. The number of hydrogen-bond acceptors (Lipinski definition) is 3. The topological polar surface area (TPSA) is 43.8 Å². The molecule has 1 saturated heterocycles. The van der Waals surface area contributed by atoms with E-state index in [2.05, 4.69) is 0 Å². The van der Waals surface area contributed by atoms with E-state index in [0.717, 1.165) is 11.4 Å². The van der Waals surface area contributed by atoms with Crippen LogP contribution < -0.4 is 9.80 Å². The van der Waals surface area contributed by atoms with Crippen LogP contribution in [0, 0.1) is 5.92 Å². The van der Waals surface area contributed by atoms with E-state index in [9.17, 15) is 4.79 Å². The van der Waals surface area contributed by atoms with E-state index in [0.29, 0.717) is 13.0 Å². The summed E-state index contributed by atoms with van der Waals surface area (Å²) in [4.78, 5) is 15.7. The Morgan fingerprint density at radius 1 is 1.41 bits per heavy atom. The maximum absolute atomic E-state index is 11.9. The number of rotatable bonds is 3. The van der Waals surface area contributed by atoms with Crippen molar-refractivity contribution in [2.24, 2.45) is 5.92 Å². The van der Waals surface area contributed by atoms with Crippen LogP contribution in [0.3, 0.4) is 0 Å². The van der Waals surface area contributed by atoms with Crippen molar-refractivity contribution in [3.05, 3.63) is 24.3 Å². The van der Waals surface area contributed by atoms with E-state index >= 15 is 0 Å². The minimum absolute atomic E-state index is 0.0673. The summed E-state index contributed by atoms with van der Waals surface area (Å²) in [5.74, 6) is 0.163. The summed E-state index contributed by atoms with van der Waals surface area (Å²) in [7, 11) is 3.92. The molecular formula is C13H18N2O2. The number of benzene rings is 1. The van der Waals surface area contributed by atoms with Crippen LogP contribution in [-0.4, -0.2) is 38.3 Å². The van der Waals surface area contributed by atoms with Crippen molar-refractivity contribution in [2.45, 2.75) is 6.42 Å². The highest BCUT2D eigenvalue weighted by atomic mass is 16.3. The van der Waals surface area contributed by atoms with Crippen LogP contribution in [0.25, 0.3) is 0 Å². The Morgan fingerprint density at radius 3 is 2.71 bits per heavy atom. The molecule has 1 aromatic carbocycles. The highest BCUT2D eigenvalue weighted by Crippen LogP contribution is 2.32.